The van der Waals surface area contributed by atoms with Crippen LogP contribution in [0, 0.1) is 13.1 Å². The summed E-state index contributed by atoms with van der Waals surface area (Å²) < 4.78 is 2.30. The van der Waals surface area contributed by atoms with Gasteiger partial charge >= 0.3 is 0 Å². The van der Waals surface area contributed by atoms with Crippen LogP contribution in [-0.2, 0) is 0 Å². The molecule has 0 N–H and O–H groups in total. The first-order chi connectivity index (χ1) is 32.1. The summed E-state index contributed by atoms with van der Waals surface area (Å²) in [7, 11) is 0. The Kier molecular flexibility index (Phi) is 9.86. The molecule has 0 saturated heterocycles. The highest BCUT2D eigenvalue weighted by molar-refractivity contribution is 6.12. The van der Waals surface area contributed by atoms with Crippen molar-refractivity contribution in [3.05, 3.63) is 241 Å². The second kappa shape index (κ2) is 16.6. The first-order valence-electron chi connectivity index (χ1n) is 21.3. The molecule has 2 aromatic heterocycles. The molecule has 0 spiro atoms. The second-order valence-corrected chi connectivity index (χ2v) is 15.8. The van der Waals surface area contributed by atoms with Gasteiger partial charge in [0.2, 0.25) is 0 Å². The minimum atomic E-state index is 0.534. The molecule has 6 nitrogen and oxygen atoms in total. The predicted molar refractivity (Wildman–Crippen MR) is 265 cm³/mol. The van der Waals surface area contributed by atoms with Crippen LogP contribution in [0.4, 0.5) is 11.4 Å². The fourth-order valence-electron chi connectivity index (χ4n) is 8.71. The van der Waals surface area contributed by atoms with Crippen molar-refractivity contribution in [3.8, 4) is 84.4 Å². The van der Waals surface area contributed by atoms with Gasteiger partial charge in [-0.25, -0.2) is 24.6 Å². The average molecular weight is 829 g/mol. The molecule has 11 rings (SSSR count). The molecule has 0 saturated carbocycles. The van der Waals surface area contributed by atoms with E-state index in [1.165, 1.54) is 0 Å². The maximum Gasteiger partial charge on any atom is 0.188 e. The molecular formula is C59H36N6. The molecule has 302 valence electrons. The van der Waals surface area contributed by atoms with E-state index in [1.807, 2.05) is 109 Å². The Labute approximate surface area is 376 Å². The Morgan fingerprint density at radius 2 is 0.631 bits per heavy atom. The number of rotatable bonds is 8. The second-order valence-electron chi connectivity index (χ2n) is 15.8. The lowest BCUT2D eigenvalue weighted by molar-refractivity contribution is 1.07. The van der Waals surface area contributed by atoms with E-state index in [4.69, 9.17) is 28.1 Å². The van der Waals surface area contributed by atoms with Crippen LogP contribution in [0.5, 0.6) is 0 Å². The number of nitrogens with zero attached hydrogens (tertiary/aromatic N) is 6. The molecular weight excluding hydrogens is 793 g/mol. The zero-order valence-corrected chi connectivity index (χ0v) is 35.0. The van der Waals surface area contributed by atoms with E-state index < -0.39 is 0 Å². The Bertz CT molecular complexity index is 3390. The van der Waals surface area contributed by atoms with Crippen LogP contribution in [0.25, 0.3) is 116 Å². The molecule has 0 amide bonds. The third-order valence-electron chi connectivity index (χ3n) is 11.9. The lowest BCUT2D eigenvalue weighted by Crippen LogP contribution is -2.04. The summed E-state index contributed by atoms with van der Waals surface area (Å²) in [5.74, 6) is 1.70. The van der Waals surface area contributed by atoms with Gasteiger partial charge in [-0.2, -0.15) is 0 Å². The van der Waals surface area contributed by atoms with E-state index in [0.29, 0.717) is 28.8 Å². The van der Waals surface area contributed by atoms with Crippen molar-refractivity contribution < 1.29 is 0 Å². The number of aromatic nitrogens is 4. The van der Waals surface area contributed by atoms with Crippen LogP contribution in [0.2, 0.25) is 0 Å². The first-order valence-corrected chi connectivity index (χ1v) is 21.3. The third-order valence-corrected chi connectivity index (χ3v) is 11.9. The van der Waals surface area contributed by atoms with Crippen molar-refractivity contribution in [1.29, 1.82) is 0 Å². The lowest BCUT2D eigenvalue weighted by Gasteiger charge is -2.21. The Morgan fingerprint density at radius 1 is 0.308 bits per heavy atom. The fourth-order valence-corrected chi connectivity index (χ4v) is 8.71. The van der Waals surface area contributed by atoms with Gasteiger partial charge < -0.3 is 4.57 Å². The highest BCUT2D eigenvalue weighted by atomic mass is 15.0. The summed E-state index contributed by atoms with van der Waals surface area (Å²) in [6, 6.07) is 74.4. The molecule has 0 fully saturated rings. The molecule has 0 aliphatic carbocycles. The van der Waals surface area contributed by atoms with E-state index >= 15 is 0 Å². The molecule has 0 radical (unpaired) electrons. The van der Waals surface area contributed by atoms with Gasteiger partial charge in [-0.1, -0.05) is 182 Å². The molecule has 0 unspecified atom stereocenters. The summed E-state index contributed by atoms with van der Waals surface area (Å²) in [6.07, 6.45) is 0. The zero-order valence-electron chi connectivity index (χ0n) is 35.0. The normalized spacial score (nSPS) is 11.0. The van der Waals surface area contributed by atoms with Gasteiger partial charge in [0.1, 0.15) is 0 Å². The number of benzene rings is 9. The summed E-state index contributed by atoms with van der Waals surface area (Å²) in [6.45, 7) is 15.9. The van der Waals surface area contributed by atoms with Crippen LogP contribution in [0.3, 0.4) is 0 Å². The largest absolute Gasteiger partial charge is 0.308 e. The van der Waals surface area contributed by atoms with Crippen molar-refractivity contribution in [2.75, 3.05) is 0 Å². The maximum absolute atomic E-state index is 7.93. The minimum absolute atomic E-state index is 0.534. The Hall–Kier alpha value is -9.23. The fraction of sp³-hybridized carbons (Fsp3) is 0. The van der Waals surface area contributed by atoms with E-state index in [-0.39, 0.29) is 0 Å². The minimum Gasteiger partial charge on any atom is -0.308 e. The van der Waals surface area contributed by atoms with Crippen molar-refractivity contribution in [2.45, 2.75) is 0 Å². The van der Waals surface area contributed by atoms with Crippen LogP contribution >= 0.6 is 0 Å². The van der Waals surface area contributed by atoms with Gasteiger partial charge in [0.05, 0.1) is 29.9 Å². The molecule has 65 heavy (non-hydrogen) atoms. The monoisotopic (exact) mass is 828 g/mol. The molecule has 6 heteroatoms. The quantitative estimate of drug-likeness (QED) is 0.143. The smallest absolute Gasteiger partial charge is 0.188 e. The summed E-state index contributed by atoms with van der Waals surface area (Å²) in [4.78, 5) is 23.1. The summed E-state index contributed by atoms with van der Waals surface area (Å²) >= 11 is 0. The molecule has 2 heterocycles. The molecule has 0 bridgehead atoms. The van der Waals surface area contributed by atoms with E-state index in [0.717, 1.165) is 88.7 Å². The van der Waals surface area contributed by atoms with Gasteiger partial charge in [0.25, 0.3) is 0 Å². The van der Waals surface area contributed by atoms with Gasteiger partial charge in [0, 0.05) is 27.8 Å². The molecule has 0 atom stereocenters. The lowest BCUT2D eigenvalue weighted by atomic mass is 9.91. The first kappa shape index (κ1) is 38.7. The topological polar surface area (TPSA) is 52.3 Å². The maximum atomic E-state index is 7.93. The highest BCUT2D eigenvalue weighted by Crippen LogP contribution is 2.45. The SMILES string of the molecule is [C-]#[N+]c1ccc2c(c1)c1cc([N+]#[C-])ccc1n2-c1c(-c2ccc(-c3ccccc3)cc2)cc(-c2nc(-c3ccccc3)nc(-c3ccccc3)n2)cc1-c1ccc(-c2ccccc2)cc1. The van der Waals surface area contributed by atoms with Gasteiger partial charge in [-0.3, -0.25) is 0 Å². The third kappa shape index (κ3) is 7.28. The van der Waals surface area contributed by atoms with Crippen molar-refractivity contribution in [2.24, 2.45) is 0 Å². The zero-order chi connectivity index (χ0) is 43.7. The van der Waals surface area contributed by atoms with Crippen molar-refractivity contribution >= 4 is 33.2 Å². The van der Waals surface area contributed by atoms with Gasteiger partial charge in [0.15, 0.2) is 28.8 Å². The number of hydrogen-bond acceptors (Lipinski definition) is 3. The molecule has 0 aliphatic heterocycles. The van der Waals surface area contributed by atoms with Crippen molar-refractivity contribution in [1.82, 2.24) is 19.5 Å². The predicted octanol–water partition coefficient (Wildman–Crippen LogP) is 15.7. The van der Waals surface area contributed by atoms with Gasteiger partial charge in [-0.05, 0) is 80.6 Å². The standard InChI is InChI=1S/C59H36N6/c1-60-48-31-33-54-52(37-48)53-38-49(61-2)32-34-55(53)65(54)56-50(43-27-23-41(24-28-43)39-15-7-3-8-16-39)35-47(36-51(56)44-29-25-42(26-30-44)40-17-9-4-10-18-40)59-63-57(45-19-11-5-12-20-45)62-58(64-59)46-21-13-6-14-22-46/h3-38H. The average Bonchev–Trinajstić information content (AvgIpc) is 3.71. The van der Waals surface area contributed by atoms with Crippen LogP contribution in [0.1, 0.15) is 0 Å². The Morgan fingerprint density at radius 3 is 1.00 bits per heavy atom. The summed E-state index contributed by atoms with van der Waals surface area (Å²) in [5, 5.41) is 1.80. The van der Waals surface area contributed by atoms with Crippen LogP contribution in [0.15, 0.2) is 218 Å². The van der Waals surface area contributed by atoms with E-state index in [1.54, 1.807) is 0 Å². The Balaban J connectivity index is 1.25. The molecule has 0 aliphatic rings. The number of fused-ring (bicyclic) bond motifs is 3. The number of hydrogen-bond donors (Lipinski definition) is 0. The summed E-state index contributed by atoms with van der Waals surface area (Å²) in [5.41, 5.74) is 14.8. The molecule has 11 aromatic rings. The van der Waals surface area contributed by atoms with Gasteiger partial charge in [-0.15, -0.1) is 0 Å². The molecule has 9 aromatic carbocycles. The van der Waals surface area contributed by atoms with Crippen molar-refractivity contribution in [3.63, 3.8) is 0 Å². The van der Waals surface area contributed by atoms with E-state index in [9.17, 15) is 0 Å². The van der Waals surface area contributed by atoms with E-state index in [2.05, 4.69) is 123 Å². The highest BCUT2D eigenvalue weighted by Gasteiger charge is 2.24. The van der Waals surface area contributed by atoms with Crippen LogP contribution in [-0.4, -0.2) is 19.5 Å². The van der Waals surface area contributed by atoms with Crippen LogP contribution < -0.4 is 0 Å².